The number of fused-ring (bicyclic) bond motifs is 4. The lowest BCUT2D eigenvalue weighted by Crippen LogP contribution is -2.32. The van der Waals surface area contributed by atoms with Crippen molar-refractivity contribution >= 4 is 78.6 Å². The van der Waals surface area contributed by atoms with E-state index in [0.717, 1.165) is 86.2 Å². The van der Waals surface area contributed by atoms with Gasteiger partial charge in [0.1, 0.15) is 33.3 Å². The van der Waals surface area contributed by atoms with Crippen molar-refractivity contribution in [1.29, 1.82) is 0 Å². The van der Waals surface area contributed by atoms with E-state index in [2.05, 4.69) is 38.7 Å². The largest absolute Gasteiger partial charge is 0.340 e. The van der Waals surface area contributed by atoms with Crippen molar-refractivity contribution in [3.05, 3.63) is 142 Å². The van der Waals surface area contributed by atoms with Crippen LogP contribution in [0.25, 0.3) is 43.6 Å². The van der Waals surface area contributed by atoms with E-state index in [4.69, 9.17) is 33.2 Å². The fourth-order valence-corrected chi connectivity index (χ4v) is 8.05. The zero-order chi connectivity index (χ0) is 39.0. The van der Waals surface area contributed by atoms with Gasteiger partial charge in [0, 0.05) is 35.0 Å². The molecule has 5 heterocycles. The molecule has 1 aliphatic rings. The summed E-state index contributed by atoms with van der Waals surface area (Å²) in [4.78, 5) is 56.9. The maximum Gasteiger partial charge on any atom is 0.273 e. The molecule has 12 heteroatoms. The minimum absolute atomic E-state index is 0.157. The highest BCUT2D eigenvalue weighted by Gasteiger charge is 2.34. The summed E-state index contributed by atoms with van der Waals surface area (Å²) in [6.45, 7) is 3.56. The molecule has 0 spiro atoms. The van der Waals surface area contributed by atoms with Crippen LogP contribution in [0.5, 0.6) is 0 Å². The van der Waals surface area contributed by atoms with Gasteiger partial charge in [0.15, 0.2) is 0 Å². The smallest absolute Gasteiger partial charge is 0.273 e. The Morgan fingerprint density at radius 1 is 0.772 bits per heavy atom. The number of benzene rings is 4. The molecule has 8 aromatic rings. The molecular formula is C45H36Cl2N8O2. The Labute approximate surface area is 338 Å². The molecule has 57 heavy (non-hydrogen) atoms. The number of nitrogens with zero attached hydrogens (tertiary/aromatic N) is 6. The van der Waals surface area contributed by atoms with Crippen LogP contribution in [-0.2, 0) is 6.54 Å². The summed E-state index contributed by atoms with van der Waals surface area (Å²) in [5.41, 5.74) is 5.60. The van der Waals surface area contributed by atoms with Crippen molar-refractivity contribution in [3.63, 3.8) is 0 Å². The van der Waals surface area contributed by atoms with Crippen molar-refractivity contribution in [2.75, 3.05) is 13.1 Å². The summed E-state index contributed by atoms with van der Waals surface area (Å²) in [6, 6.07) is 30.4. The van der Waals surface area contributed by atoms with Crippen LogP contribution in [0.4, 0.5) is 0 Å². The number of aromatic amines is 2. The molecule has 1 unspecified atom stereocenters. The van der Waals surface area contributed by atoms with Gasteiger partial charge in [-0.3, -0.25) is 9.59 Å². The first-order chi connectivity index (χ1) is 27.8. The molecule has 10 nitrogen and oxygen atoms in total. The maximum atomic E-state index is 13.9. The second-order valence-electron chi connectivity index (χ2n) is 14.3. The van der Waals surface area contributed by atoms with Crippen molar-refractivity contribution in [2.24, 2.45) is 0 Å². The van der Waals surface area contributed by atoms with E-state index < -0.39 is 0 Å². The number of unbranched alkanes of at least 4 members (excludes halogenated alkanes) is 1. The van der Waals surface area contributed by atoms with Gasteiger partial charge in [-0.2, -0.15) is 0 Å². The minimum Gasteiger partial charge on any atom is -0.340 e. The predicted molar refractivity (Wildman–Crippen MR) is 224 cm³/mol. The highest BCUT2D eigenvalue weighted by molar-refractivity contribution is 6.31. The molecule has 0 saturated carbocycles. The molecule has 2 amide bonds. The van der Waals surface area contributed by atoms with Crippen molar-refractivity contribution < 1.29 is 9.59 Å². The Hall–Kier alpha value is -6.28. The number of carbonyl (C=O) groups excluding carboxylic acids is 2. The third-order valence-corrected chi connectivity index (χ3v) is 10.8. The van der Waals surface area contributed by atoms with Crippen LogP contribution in [0.15, 0.2) is 97.1 Å². The van der Waals surface area contributed by atoms with Crippen molar-refractivity contribution in [2.45, 2.75) is 45.2 Å². The second kappa shape index (κ2) is 15.3. The molecule has 0 aliphatic carbocycles. The molecule has 4 aromatic carbocycles. The molecule has 9 rings (SSSR count). The van der Waals surface area contributed by atoms with E-state index >= 15 is 0 Å². The monoisotopic (exact) mass is 790 g/mol. The van der Waals surface area contributed by atoms with Crippen LogP contribution in [0.3, 0.4) is 0 Å². The highest BCUT2D eigenvalue weighted by atomic mass is 35.5. The lowest BCUT2D eigenvalue weighted by Gasteiger charge is -2.23. The van der Waals surface area contributed by atoms with Crippen LogP contribution in [0.2, 0.25) is 10.3 Å². The standard InChI is InChI=1S/C45H36Cl2N8O2/c1-2-3-20-54(44(56)41-31-11-6-4-9-29(31)24-38(46)52-41)26-40-48-33-18-16-27(22-35(33)49-40)14-15-28-17-19-34-36(23-28)51-43(50-34)37-13-8-21-55(37)45(57)42-32-12-7-5-10-30(32)25-39(47)53-42/h4-7,9-12,16-19,22-25,37H,2-3,8,13,20-21,26H2,1H3,(H,48,49)(H,50,51). The summed E-state index contributed by atoms with van der Waals surface area (Å²) in [5, 5.41) is 3.86. The van der Waals surface area contributed by atoms with Crippen LogP contribution in [0.1, 0.15) is 82.4 Å². The number of pyridine rings is 2. The highest BCUT2D eigenvalue weighted by Crippen LogP contribution is 2.34. The van der Waals surface area contributed by atoms with Gasteiger partial charge in [-0.25, -0.2) is 19.9 Å². The van der Waals surface area contributed by atoms with E-state index in [-0.39, 0.29) is 23.0 Å². The SMILES string of the molecule is CCCCN(Cc1nc2ccc(C#Cc3ccc4nc(C5CCCN5C(=O)c5nc(Cl)cc6ccccc56)[nH]c4c3)cc2[nH]1)C(=O)c1nc(Cl)cc2ccccc12. The van der Waals surface area contributed by atoms with Crippen LogP contribution >= 0.6 is 23.2 Å². The lowest BCUT2D eigenvalue weighted by molar-refractivity contribution is 0.0722. The van der Waals surface area contributed by atoms with E-state index in [1.54, 1.807) is 17.0 Å². The average molecular weight is 792 g/mol. The van der Waals surface area contributed by atoms with Crippen molar-refractivity contribution in [1.82, 2.24) is 39.7 Å². The first-order valence-electron chi connectivity index (χ1n) is 19.0. The van der Waals surface area contributed by atoms with Gasteiger partial charge in [-0.15, -0.1) is 0 Å². The molecule has 2 N–H and O–H groups in total. The zero-order valence-corrected chi connectivity index (χ0v) is 32.5. The Bertz CT molecular complexity index is 2930. The van der Waals surface area contributed by atoms with Crippen molar-refractivity contribution in [3.8, 4) is 11.8 Å². The Morgan fingerprint density at radius 2 is 1.39 bits per heavy atom. The van der Waals surface area contributed by atoms with Gasteiger partial charge in [0.25, 0.3) is 11.8 Å². The van der Waals surface area contributed by atoms with Gasteiger partial charge in [0.2, 0.25) is 0 Å². The maximum absolute atomic E-state index is 13.9. The lowest BCUT2D eigenvalue weighted by atomic mass is 10.1. The molecule has 0 radical (unpaired) electrons. The zero-order valence-electron chi connectivity index (χ0n) is 31.0. The fourth-order valence-electron chi connectivity index (χ4n) is 7.64. The summed E-state index contributed by atoms with van der Waals surface area (Å²) >= 11 is 12.7. The van der Waals surface area contributed by atoms with Gasteiger partial charge < -0.3 is 19.8 Å². The summed E-state index contributed by atoms with van der Waals surface area (Å²) < 4.78 is 0. The summed E-state index contributed by atoms with van der Waals surface area (Å²) in [6.07, 6.45) is 3.43. The van der Waals surface area contributed by atoms with Gasteiger partial charge >= 0.3 is 0 Å². The molecule has 282 valence electrons. The summed E-state index contributed by atoms with van der Waals surface area (Å²) in [5.74, 6) is 7.65. The predicted octanol–water partition coefficient (Wildman–Crippen LogP) is 9.66. The molecular weight excluding hydrogens is 755 g/mol. The molecule has 1 atom stereocenters. The number of likely N-dealkylation sites (tertiary alicyclic amines) is 1. The Kier molecular flexibility index (Phi) is 9.78. The van der Waals surface area contributed by atoms with E-state index in [0.29, 0.717) is 42.0 Å². The fraction of sp³-hybridized carbons (Fsp3) is 0.200. The topological polar surface area (TPSA) is 124 Å². The number of amides is 2. The number of nitrogens with one attached hydrogen (secondary N) is 2. The summed E-state index contributed by atoms with van der Waals surface area (Å²) in [7, 11) is 0. The number of imidazole rings is 2. The number of H-pyrrole nitrogens is 2. The van der Waals surface area contributed by atoms with Gasteiger partial charge in [-0.1, -0.05) is 96.9 Å². The number of hydrogen-bond donors (Lipinski definition) is 2. The Balaban J connectivity index is 0.931. The average Bonchev–Trinajstić information content (AvgIpc) is 3.98. The molecule has 4 aromatic heterocycles. The third kappa shape index (κ3) is 7.28. The van der Waals surface area contributed by atoms with Crippen LogP contribution < -0.4 is 0 Å². The number of aromatic nitrogens is 6. The second-order valence-corrected chi connectivity index (χ2v) is 15.1. The number of rotatable bonds is 8. The number of halogens is 2. The normalized spacial score (nSPS) is 14.1. The first-order valence-corrected chi connectivity index (χ1v) is 19.8. The molecule has 1 fully saturated rings. The molecule has 1 saturated heterocycles. The molecule has 1 aliphatic heterocycles. The quantitative estimate of drug-likeness (QED) is 0.117. The van der Waals surface area contributed by atoms with Crippen LogP contribution in [-0.4, -0.2) is 64.6 Å². The number of hydrogen-bond acceptors (Lipinski definition) is 6. The Morgan fingerprint density at radius 3 is 2.07 bits per heavy atom. The molecule has 0 bridgehead atoms. The first kappa shape index (κ1) is 36.4. The minimum atomic E-state index is -0.213. The van der Waals surface area contributed by atoms with E-state index in [1.807, 2.05) is 89.8 Å². The van der Waals surface area contributed by atoms with E-state index in [9.17, 15) is 9.59 Å². The third-order valence-electron chi connectivity index (χ3n) is 10.4. The number of carbonyl (C=O) groups is 2. The van der Waals surface area contributed by atoms with E-state index in [1.165, 1.54) is 0 Å². The van der Waals surface area contributed by atoms with Crippen LogP contribution in [0, 0.1) is 11.8 Å². The van der Waals surface area contributed by atoms with Gasteiger partial charge in [0.05, 0.1) is 34.7 Å². The van der Waals surface area contributed by atoms with Gasteiger partial charge in [-0.05, 0) is 78.6 Å².